The van der Waals surface area contributed by atoms with Gasteiger partial charge in [0.2, 0.25) is 5.76 Å². The number of nitrogens with zero attached hydrogens (tertiary/aromatic N) is 2. The lowest BCUT2D eigenvalue weighted by atomic mass is 9.78. The Bertz CT molecular complexity index is 964. The van der Waals surface area contributed by atoms with Crippen LogP contribution in [0, 0.1) is 5.41 Å². The molecule has 0 saturated carbocycles. The summed E-state index contributed by atoms with van der Waals surface area (Å²) >= 11 is 0. The predicted octanol–water partition coefficient (Wildman–Crippen LogP) is 4.76. The second-order valence-corrected chi connectivity index (χ2v) is 7.31. The van der Waals surface area contributed by atoms with Crippen LogP contribution >= 0.6 is 0 Å². The van der Waals surface area contributed by atoms with Crippen LogP contribution in [0.1, 0.15) is 30.0 Å². The number of furan rings is 1. The summed E-state index contributed by atoms with van der Waals surface area (Å²) in [5.41, 5.74) is 2.66. The monoisotopic (exact) mass is 374 g/mol. The Balaban J connectivity index is 1.65. The molecule has 0 fully saturated rings. The third-order valence-electron chi connectivity index (χ3n) is 5.11. The fraction of sp³-hybridized carbons (Fsp3) is 0.217. The van der Waals surface area contributed by atoms with Crippen LogP contribution in [0.4, 0.5) is 5.69 Å². The molecule has 0 bridgehead atoms. The molecule has 0 amide bonds. The van der Waals surface area contributed by atoms with E-state index in [9.17, 15) is 4.79 Å². The normalized spacial score (nSPS) is 18.0. The summed E-state index contributed by atoms with van der Waals surface area (Å²) in [7, 11) is 0. The van der Waals surface area contributed by atoms with Crippen molar-refractivity contribution < 1.29 is 13.9 Å². The van der Waals surface area contributed by atoms with Gasteiger partial charge in [0, 0.05) is 5.41 Å². The number of para-hydroxylation sites is 1. The first-order chi connectivity index (χ1) is 13.6. The highest BCUT2D eigenvalue weighted by Crippen LogP contribution is 2.39. The molecular weight excluding hydrogens is 352 g/mol. The average Bonchev–Trinajstić information content (AvgIpc) is 3.34. The van der Waals surface area contributed by atoms with Crippen LogP contribution in [-0.2, 0) is 4.74 Å². The summed E-state index contributed by atoms with van der Waals surface area (Å²) < 4.78 is 10.7. The van der Waals surface area contributed by atoms with Gasteiger partial charge in [0.05, 0.1) is 23.7 Å². The largest absolute Gasteiger partial charge is 0.458 e. The van der Waals surface area contributed by atoms with Gasteiger partial charge in [-0.3, -0.25) is 5.01 Å². The molecule has 4 rings (SSSR count). The Morgan fingerprint density at radius 3 is 2.36 bits per heavy atom. The molecule has 142 valence electrons. The van der Waals surface area contributed by atoms with E-state index in [1.807, 2.05) is 53.5 Å². The van der Waals surface area contributed by atoms with Gasteiger partial charge in [0.25, 0.3) is 0 Å². The van der Waals surface area contributed by atoms with Crippen molar-refractivity contribution in [3.05, 3.63) is 90.4 Å². The molecule has 28 heavy (non-hydrogen) atoms. The van der Waals surface area contributed by atoms with Crippen LogP contribution in [0.3, 0.4) is 0 Å². The molecule has 3 aromatic rings. The Hall–Kier alpha value is -3.34. The lowest BCUT2D eigenvalue weighted by molar-refractivity contribution is 0.0414. The quantitative estimate of drug-likeness (QED) is 0.605. The van der Waals surface area contributed by atoms with Crippen LogP contribution in [0.2, 0.25) is 0 Å². The number of hydrazone groups is 1. The molecule has 2 aromatic carbocycles. The van der Waals surface area contributed by atoms with Gasteiger partial charge >= 0.3 is 5.97 Å². The molecular formula is C23H22N2O3. The molecule has 0 N–H and O–H groups in total. The van der Waals surface area contributed by atoms with Crippen molar-refractivity contribution in [3.63, 3.8) is 0 Å². The fourth-order valence-corrected chi connectivity index (χ4v) is 3.51. The highest BCUT2D eigenvalue weighted by molar-refractivity contribution is 6.07. The number of carbonyl (C=O) groups excluding carboxylic acids is 1. The van der Waals surface area contributed by atoms with E-state index in [4.69, 9.17) is 14.3 Å². The molecule has 2 heterocycles. The van der Waals surface area contributed by atoms with E-state index in [0.717, 1.165) is 17.0 Å². The predicted molar refractivity (Wildman–Crippen MR) is 108 cm³/mol. The van der Waals surface area contributed by atoms with Gasteiger partial charge in [-0.25, -0.2) is 4.79 Å². The maximum absolute atomic E-state index is 12.3. The standard InChI is InChI=1S/C23H22N2O3/c1-23(2)20(16-28-22(26)19-14-9-15-27-19)25(18-12-7-4-8-13-18)24-21(23)17-10-5-3-6-11-17/h3-15,20H,16H2,1-2H3. The number of anilines is 1. The van der Waals surface area contributed by atoms with Gasteiger partial charge in [0.15, 0.2) is 0 Å². The zero-order valence-corrected chi connectivity index (χ0v) is 15.9. The van der Waals surface area contributed by atoms with Gasteiger partial charge in [-0.05, 0) is 29.8 Å². The number of esters is 1. The third-order valence-corrected chi connectivity index (χ3v) is 5.11. The number of benzene rings is 2. The molecule has 0 radical (unpaired) electrons. The van der Waals surface area contributed by atoms with Crippen molar-refractivity contribution in [2.24, 2.45) is 10.5 Å². The average molecular weight is 374 g/mol. The molecule has 1 aromatic heterocycles. The molecule has 1 unspecified atom stereocenters. The Morgan fingerprint density at radius 2 is 1.71 bits per heavy atom. The van der Waals surface area contributed by atoms with Crippen molar-refractivity contribution in [1.82, 2.24) is 0 Å². The summed E-state index contributed by atoms with van der Waals surface area (Å²) in [5, 5.41) is 6.89. The second kappa shape index (κ2) is 7.35. The van der Waals surface area contributed by atoms with E-state index in [0.29, 0.717) is 0 Å². The molecule has 5 nitrogen and oxygen atoms in total. The van der Waals surface area contributed by atoms with Gasteiger partial charge in [-0.2, -0.15) is 5.10 Å². The van der Waals surface area contributed by atoms with Crippen LogP contribution in [0.15, 0.2) is 88.6 Å². The van der Waals surface area contributed by atoms with E-state index in [-0.39, 0.29) is 23.8 Å². The third kappa shape index (κ3) is 3.31. The highest BCUT2D eigenvalue weighted by Gasteiger charge is 2.46. The van der Waals surface area contributed by atoms with E-state index < -0.39 is 5.97 Å². The molecule has 5 heteroatoms. The molecule has 1 atom stereocenters. The van der Waals surface area contributed by atoms with Crippen molar-refractivity contribution >= 4 is 17.4 Å². The van der Waals surface area contributed by atoms with Gasteiger partial charge in [-0.1, -0.05) is 62.4 Å². The number of rotatable bonds is 5. The topological polar surface area (TPSA) is 55.0 Å². The molecule has 1 aliphatic heterocycles. The van der Waals surface area contributed by atoms with Crippen molar-refractivity contribution in [2.45, 2.75) is 19.9 Å². The van der Waals surface area contributed by atoms with Crippen molar-refractivity contribution in [1.29, 1.82) is 0 Å². The first kappa shape index (κ1) is 18.0. The maximum atomic E-state index is 12.3. The highest BCUT2D eigenvalue weighted by atomic mass is 16.5. The first-order valence-corrected chi connectivity index (χ1v) is 9.27. The summed E-state index contributed by atoms with van der Waals surface area (Å²) in [6.07, 6.45) is 1.46. The summed E-state index contributed by atoms with van der Waals surface area (Å²) in [6.45, 7) is 4.46. The van der Waals surface area contributed by atoms with Crippen LogP contribution in [0.5, 0.6) is 0 Å². The number of ether oxygens (including phenoxy) is 1. The second-order valence-electron chi connectivity index (χ2n) is 7.31. The molecule has 0 spiro atoms. The zero-order chi connectivity index (χ0) is 19.6. The lowest BCUT2D eigenvalue weighted by Gasteiger charge is -2.32. The Labute approximate surface area is 164 Å². The van der Waals surface area contributed by atoms with E-state index in [1.54, 1.807) is 12.1 Å². The maximum Gasteiger partial charge on any atom is 0.374 e. The summed E-state index contributed by atoms with van der Waals surface area (Å²) in [4.78, 5) is 12.3. The zero-order valence-electron chi connectivity index (χ0n) is 15.9. The molecule has 1 aliphatic rings. The number of hydrogen-bond acceptors (Lipinski definition) is 5. The minimum atomic E-state index is -0.470. The number of hydrogen-bond donors (Lipinski definition) is 0. The molecule has 0 saturated heterocycles. The first-order valence-electron chi connectivity index (χ1n) is 9.27. The smallest absolute Gasteiger partial charge is 0.374 e. The minimum Gasteiger partial charge on any atom is -0.458 e. The Morgan fingerprint density at radius 1 is 1.04 bits per heavy atom. The van der Waals surface area contributed by atoms with Crippen LogP contribution in [0.25, 0.3) is 0 Å². The van der Waals surface area contributed by atoms with Gasteiger partial charge in [0.1, 0.15) is 6.61 Å². The minimum absolute atomic E-state index is 0.149. The van der Waals surface area contributed by atoms with Gasteiger partial charge < -0.3 is 9.15 Å². The Kier molecular flexibility index (Phi) is 4.74. The van der Waals surface area contributed by atoms with Gasteiger partial charge in [-0.15, -0.1) is 0 Å². The molecule has 0 aliphatic carbocycles. The lowest BCUT2D eigenvalue weighted by Crippen LogP contribution is -2.44. The van der Waals surface area contributed by atoms with Crippen molar-refractivity contribution in [3.8, 4) is 0 Å². The van der Waals surface area contributed by atoms with E-state index in [2.05, 4.69) is 26.0 Å². The van der Waals surface area contributed by atoms with Crippen LogP contribution in [-0.4, -0.2) is 24.3 Å². The summed E-state index contributed by atoms with van der Waals surface area (Å²) in [5.74, 6) is -0.270. The summed E-state index contributed by atoms with van der Waals surface area (Å²) in [6, 6.07) is 23.2. The SMILES string of the molecule is CC1(C)C(c2ccccc2)=NN(c2ccccc2)C1COC(=O)c1ccco1. The van der Waals surface area contributed by atoms with E-state index >= 15 is 0 Å². The van der Waals surface area contributed by atoms with Crippen molar-refractivity contribution in [2.75, 3.05) is 11.6 Å². The van der Waals surface area contributed by atoms with Crippen LogP contribution < -0.4 is 5.01 Å². The fourth-order valence-electron chi connectivity index (χ4n) is 3.51. The van der Waals surface area contributed by atoms with E-state index in [1.165, 1.54) is 6.26 Å². The number of carbonyl (C=O) groups is 1.